The van der Waals surface area contributed by atoms with Crippen LogP contribution < -0.4 is 11.1 Å². The van der Waals surface area contributed by atoms with Crippen LogP contribution in [0.25, 0.3) is 10.2 Å². The van der Waals surface area contributed by atoms with Crippen LogP contribution in [0.1, 0.15) is 18.7 Å². The molecule has 0 bridgehead atoms. The van der Waals surface area contributed by atoms with Crippen molar-refractivity contribution >= 4 is 33.3 Å². The van der Waals surface area contributed by atoms with E-state index in [4.69, 9.17) is 10.5 Å². The summed E-state index contributed by atoms with van der Waals surface area (Å²) in [4.78, 5) is 10.6. The number of nitrogen functional groups attached to an aromatic ring is 1. The van der Waals surface area contributed by atoms with Gasteiger partial charge in [-0.05, 0) is 26.8 Å². The molecule has 2 aromatic heterocycles. The van der Waals surface area contributed by atoms with Crippen LogP contribution in [0.3, 0.4) is 0 Å². The van der Waals surface area contributed by atoms with E-state index in [0.29, 0.717) is 19.2 Å². The van der Waals surface area contributed by atoms with Crippen molar-refractivity contribution in [2.45, 2.75) is 26.8 Å². The number of nitrogens with one attached hydrogen (secondary N) is 1. The maximum absolute atomic E-state index is 5.72. The summed E-state index contributed by atoms with van der Waals surface area (Å²) in [6, 6.07) is 2.26. The molecule has 2 rings (SSSR count). The van der Waals surface area contributed by atoms with E-state index in [1.165, 1.54) is 4.88 Å². The Bertz CT molecular complexity index is 540. The molecule has 0 amide bonds. The second-order valence-electron chi connectivity index (χ2n) is 4.21. The highest BCUT2D eigenvalue weighted by atomic mass is 32.1. The summed E-state index contributed by atoms with van der Waals surface area (Å²) < 4.78 is 5.38. The maximum atomic E-state index is 5.72. The summed E-state index contributed by atoms with van der Waals surface area (Å²) in [6.45, 7) is 7.45. The van der Waals surface area contributed by atoms with E-state index in [1.54, 1.807) is 11.3 Å². The summed E-state index contributed by atoms with van der Waals surface area (Å²) in [5.74, 6) is 1.09. The molecule has 5 nitrogen and oxygen atoms in total. The molecule has 0 fully saturated rings. The normalized spacial score (nSPS) is 12.8. The number of nitrogens with two attached hydrogens (primary N) is 1. The number of aryl methyl sites for hydroxylation is 1. The Hall–Kier alpha value is -1.40. The van der Waals surface area contributed by atoms with Crippen molar-refractivity contribution in [2.75, 3.05) is 24.3 Å². The first-order valence-corrected chi connectivity index (χ1v) is 6.79. The Labute approximate surface area is 110 Å². The molecule has 0 aliphatic rings. The first-order chi connectivity index (χ1) is 8.60. The molecular weight excluding hydrogens is 248 g/mol. The van der Waals surface area contributed by atoms with E-state index in [-0.39, 0.29) is 6.04 Å². The highest BCUT2D eigenvalue weighted by molar-refractivity contribution is 7.18. The molecular formula is C12H18N4OS. The Kier molecular flexibility index (Phi) is 3.98. The van der Waals surface area contributed by atoms with Crippen molar-refractivity contribution in [3.05, 3.63) is 10.9 Å². The van der Waals surface area contributed by atoms with E-state index in [1.807, 2.05) is 6.92 Å². The van der Waals surface area contributed by atoms with Gasteiger partial charge in [0.15, 0.2) is 0 Å². The highest BCUT2D eigenvalue weighted by Gasteiger charge is 2.11. The number of hydrogen-bond donors (Lipinski definition) is 2. The Morgan fingerprint density at radius 3 is 3.00 bits per heavy atom. The van der Waals surface area contributed by atoms with Gasteiger partial charge >= 0.3 is 0 Å². The predicted octanol–water partition coefficient (Wildman–Crippen LogP) is 2.42. The molecule has 0 saturated carbocycles. The zero-order chi connectivity index (χ0) is 13.1. The van der Waals surface area contributed by atoms with Gasteiger partial charge in [-0.2, -0.15) is 4.98 Å². The van der Waals surface area contributed by atoms with Crippen LogP contribution in [0.2, 0.25) is 0 Å². The van der Waals surface area contributed by atoms with Gasteiger partial charge in [0.2, 0.25) is 5.95 Å². The average Bonchev–Trinajstić information content (AvgIpc) is 2.67. The van der Waals surface area contributed by atoms with Gasteiger partial charge in [0.25, 0.3) is 0 Å². The molecule has 6 heteroatoms. The van der Waals surface area contributed by atoms with Crippen molar-refractivity contribution in [3.63, 3.8) is 0 Å². The smallest absolute Gasteiger partial charge is 0.223 e. The van der Waals surface area contributed by atoms with Gasteiger partial charge in [-0.25, -0.2) is 4.98 Å². The lowest BCUT2D eigenvalue weighted by Gasteiger charge is -2.14. The molecule has 2 aromatic rings. The monoisotopic (exact) mass is 266 g/mol. The summed E-state index contributed by atoms with van der Waals surface area (Å²) in [6.07, 6.45) is 0. The third-order valence-corrected chi connectivity index (χ3v) is 3.43. The fourth-order valence-electron chi connectivity index (χ4n) is 1.74. The molecule has 98 valence electrons. The molecule has 0 aliphatic heterocycles. The summed E-state index contributed by atoms with van der Waals surface area (Å²) in [7, 11) is 0. The van der Waals surface area contributed by atoms with E-state index < -0.39 is 0 Å². The second kappa shape index (κ2) is 5.49. The lowest BCUT2D eigenvalue weighted by Crippen LogP contribution is -2.22. The van der Waals surface area contributed by atoms with E-state index >= 15 is 0 Å². The van der Waals surface area contributed by atoms with Gasteiger partial charge in [-0.15, -0.1) is 11.3 Å². The van der Waals surface area contributed by atoms with Crippen molar-refractivity contribution in [1.82, 2.24) is 9.97 Å². The van der Waals surface area contributed by atoms with Crippen LogP contribution in [0.5, 0.6) is 0 Å². The van der Waals surface area contributed by atoms with E-state index in [9.17, 15) is 0 Å². The fourth-order valence-corrected chi connectivity index (χ4v) is 2.62. The number of thiophene rings is 1. The fraction of sp³-hybridized carbons (Fsp3) is 0.500. The zero-order valence-electron chi connectivity index (χ0n) is 10.9. The highest BCUT2D eigenvalue weighted by Crippen LogP contribution is 2.29. The number of nitrogens with zero attached hydrogens (tertiary/aromatic N) is 2. The third-order valence-electron chi connectivity index (χ3n) is 2.49. The van der Waals surface area contributed by atoms with Gasteiger partial charge in [0.1, 0.15) is 10.6 Å². The number of rotatable bonds is 5. The van der Waals surface area contributed by atoms with Crippen molar-refractivity contribution in [1.29, 1.82) is 0 Å². The third kappa shape index (κ3) is 2.88. The molecule has 0 spiro atoms. The minimum Gasteiger partial charge on any atom is -0.380 e. The molecule has 18 heavy (non-hydrogen) atoms. The Morgan fingerprint density at radius 1 is 1.50 bits per heavy atom. The number of aromatic nitrogens is 2. The van der Waals surface area contributed by atoms with Crippen molar-refractivity contribution < 1.29 is 4.74 Å². The first-order valence-electron chi connectivity index (χ1n) is 5.98. The molecule has 1 unspecified atom stereocenters. The van der Waals surface area contributed by atoms with E-state index in [2.05, 4.69) is 35.2 Å². The van der Waals surface area contributed by atoms with Crippen LogP contribution in [-0.4, -0.2) is 29.2 Å². The summed E-state index contributed by atoms with van der Waals surface area (Å²) >= 11 is 1.62. The quantitative estimate of drug-likeness (QED) is 0.869. The topological polar surface area (TPSA) is 73.1 Å². The Morgan fingerprint density at radius 2 is 2.28 bits per heavy atom. The first kappa shape index (κ1) is 13.0. The number of hydrogen-bond acceptors (Lipinski definition) is 6. The van der Waals surface area contributed by atoms with Crippen molar-refractivity contribution in [2.24, 2.45) is 0 Å². The zero-order valence-corrected chi connectivity index (χ0v) is 11.7. The van der Waals surface area contributed by atoms with Crippen LogP contribution in [-0.2, 0) is 4.74 Å². The number of ether oxygens (including phenoxy) is 1. The van der Waals surface area contributed by atoms with Crippen molar-refractivity contribution in [3.8, 4) is 0 Å². The molecule has 0 saturated heterocycles. The standard InChI is InChI=1S/C12H18N4OS/c1-4-17-6-7(2)14-10-9-5-8(3)18-11(9)16-12(13)15-10/h5,7H,4,6H2,1-3H3,(H3,13,14,15,16). The van der Waals surface area contributed by atoms with E-state index in [0.717, 1.165) is 16.0 Å². The lowest BCUT2D eigenvalue weighted by atomic mass is 10.3. The molecule has 0 radical (unpaired) electrons. The summed E-state index contributed by atoms with van der Waals surface area (Å²) in [5.41, 5.74) is 5.72. The Balaban J connectivity index is 2.26. The van der Waals surface area contributed by atoms with Gasteiger partial charge in [0, 0.05) is 17.5 Å². The minimum absolute atomic E-state index is 0.183. The minimum atomic E-state index is 0.183. The lowest BCUT2D eigenvalue weighted by molar-refractivity contribution is 0.141. The van der Waals surface area contributed by atoms with Gasteiger partial charge in [-0.1, -0.05) is 0 Å². The van der Waals surface area contributed by atoms with Crippen LogP contribution in [0.4, 0.5) is 11.8 Å². The number of fused-ring (bicyclic) bond motifs is 1. The van der Waals surface area contributed by atoms with Crippen LogP contribution in [0, 0.1) is 6.92 Å². The SMILES string of the molecule is CCOCC(C)Nc1nc(N)nc2sc(C)cc12. The molecule has 0 aromatic carbocycles. The maximum Gasteiger partial charge on any atom is 0.223 e. The largest absolute Gasteiger partial charge is 0.380 e. The number of anilines is 2. The molecule has 0 aliphatic carbocycles. The van der Waals surface area contributed by atoms with Gasteiger partial charge < -0.3 is 15.8 Å². The molecule has 3 N–H and O–H groups in total. The van der Waals surface area contributed by atoms with Gasteiger partial charge in [-0.3, -0.25) is 0 Å². The van der Waals surface area contributed by atoms with Crippen LogP contribution >= 0.6 is 11.3 Å². The second-order valence-corrected chi connectivity index (χ2v) is 5.45. The molecule has 1 atom stereocenters. The predicted molar refractivity (Wildman–Crippen MR) is 76.1 cm³/mol. The summed E-state index contributed by atoms with van der Waals surface area (Å²) in [5, 5.41) is 4.35. The molecule has 2 heterocycles. The van der Waals surface area contributed by atoms with Crippen LogP contribution in [0.15, 0.2) is 6.07 Å². The van der Waals surface area contributed by atoms with Gasteiger partial charge in [0.05, 0.1) is 12.0 Å². The average molecular weight is 266 g/mol.